The standard InChI is InChI=1S/C23H33ClN4O/c1-16-7-8-18-13-19(22(24)25-21(18)17(16)2)14-27-9-6-10-28(12-11-27)15-20(29)26-23(3,4)5/h7-8,13H,6,9-12,14-15H2,1-5H3,(H,26,29). The smallest absolute Gasteiger partial charge is 0.234 e. The Labute approximate surface area is 179 Å². The van der Waals surface area contributed by atoms with E-state index in [0.29, 0.717) is 11.7 Å². The van der Waals surface area contributed by atoms with Crippen LogP contribution in [-0.4, -0.2) is 59.0 Å². The van der Waals surface area contributed by atoms with Gasteiger partial charge >= 0.3 is 0 Å². The van der Waals surface area contributed by atoms with E-state index in [1.165, 1.54) is 11.1 Å². The quantitative estimate of drug-likeness (QED) is 0.767. The Morgan fingerprint density at radius 2 is 1.83 bits per heavy atom. The van der Waals surface area contributed by atoms with Crippen LogP contribution in [0.25, 0.3) is 10.9 Å². The molecule has 0 saturated carbocycles. The van der Waals surface area contributed by atoms with Crippen molar-refractivity contribution < 1.29 is 4.79 Å². The monoisotopic (exact) mass is 416 g/mol. The van der Waals surface area contributed by atoms with Crippen LogP contribution >= 0.6 is 11.6 Å². The Morgan fingerprint density at radius 3 is 2.55 bits per heavy atom. The number of aromatic nitrogens is 1. The first-order valence-corrected chi connectivity index (χ1v) is 10.8. The van der Waals surface area contributed by atoms with E-state index in [0.717, 1.165) is 55.6 Å². The molecule has 1 aromatic carbocycles. The van der Waals surface area contributed by atoms with Crippen molar-refractivity contribution >= 4 is 28.4 Å². The lowest BCUT2D eigenvalue weighted by Gasteiger charge is -2.25. The molecule has 1 N–H and O–H groups in total. The minimum absolute atomic E-state index is 0.0957. The molecule has 0 unspecified atom stereocenters. The first-order chi connectivity index (χ1) is 13.6. The van der Waals surface area contributed by atoms with Gasteiger partial charge in [0.05, 0.1) is 12.1 Å². The number of halogens is 1. The molecule has 1 aromatic heterocycles. The highest BCUT2D eigenvalue weighted by atomic mass is 35.5. The highest BCUT2D eigenvalue weighted by Gasteiger charge is 2.20. The van der Waals surface area contributed by atoms with Crippen LogP contribution in [0, 0.1) is 13.8 Å². The van der Waals surface area contributed by atoms with Gasteiger partial charge in [-0.3, -0.25) is 14.6 Å². The van der Waals surface area contributed by atoms with Gasteiger partial charge in [0.1, 0.15) is 5.15 Å². The Morgan fingerprint density at radius 1 is 1.14 bits per heavy atom. The number of nitrogens with one attached hydrogen (secondary N) is 1. The number of fused-ring (bicyclic) bond motifs is 1. The number of pyridine rings is 1. The minimum Gasteiger partial charge on any atom is -0.350 e. The highest BCUT2D eigenvalue weighted by molar-refractivity contribution is 6.30. The largest absolute Gasteiger partial charge is 0.350 e. The second-order valence-corrected chi connectivity index (χ2v) is 9.58. The number of aryl methyl sites for hydroxylation is 2. The molecule has 0 radical (unpaired) electrons. The van der Waals surface area contributed by atoms with Gasteiger partial charge in [-0.15, -0.1) is 0 Å². The lowest BCUT2D eigenvalue weighted by Crippen LogP contribution is -2.46. The van der Waals surface area contributed by atoms with Crippen LogP contribution in [0.4, 0.5) is 0 Å². The van der Waals surface area contributed by atoms with Crippen molar-refractivity contribution in [1.29, 1.82) is 0 Å². The minimum atomic E-state index is -0.189. The summed E-state index contributed by atoms with van der Waals surface area (Å²) >= 11 is 6.55. The number of nitrogens with zero attached hydrogens (tertiary/aromatic N) is 3. The molecule has 2 heterocycles. The maximum atomic E-state index is 12.2. The number of carbonyl (C=O) groups excluding carboxylic acids is 1. The number of hydrogen-bond donors (Lipinski definition) is 1. The Balaban J connectivity index is 1.64. The van der Waals surface area contributed by atoms with Crippen molar-refractivity contribution in [3.05, 3.63) is 40.0 Å². The molecule has 1 aliphatic heterocycles. The van der Waals surface area contributed by atoms with E-state index in [4.69, 9.17) is 11.6 Å². The molecule has 158 valence electrons. The van der Waals surface area contributed by atoms with Crippen molar-refractivity contribution in [3.63, 3.8) is 0 Å². The van der Waals surface area contributed by atoms with Crippen molar-refractivity contribution in [2.75, 3.05) is 32.7 Å². The predicted octanol–water partition coefficient (Wildman–Crippen LogP) is 3.93. The van der Waals surface area contributed by atoms with Gasteiger partial charge in [0.15, 0.2) is 0 Å². The molecule has 0 aliphatic carbocycles. The third-order valence-electron chi connectivity index (χ3n) is 5.49. The first kappa shape index (κ1) is 22.0. The zero-order valence-electron chi connectivity index (χ0n) is 18.3. The molecular weight excluding hydrogens is 384 g/mol. The third-order valence-corrected chi connectivity index (χ3v) is 5.82. The van der Waals surface area contributed by atoms with Crippen LogP contribution in [0.15, 0.2) is 18.2 Å². The summed E-state index contributed by atoms with van der Waals surface area (Å²) in [6.07, 6.45) is 1.04. The molecule has 1 saturated heterocycles. The van der Waals surface area contributed by atoms with E-state index in [9.17, 15) is 4.79 Å². The van der Waals surface area contributed by atoms with Gasteiger partial charge < -0.3 is 5.32 Å². The summed E-state index contributed by atoms with van der Waals surface area (Å²) in [5.74, 6) is 0.0957. The molecule has 1 amide bonds. The van der Waals surface area contributed by atoms with E-state index in [1.54, 1.807) is 0 Å². The van der Waals surface area contributed by atoms with E-state index >= 15 is 0 Å². The molecule has 5 nitrogen and oxygen atoms in total. The van der Waals surface area contributed by atoms with Gasteiger partial charge in [-0.25, -0.2) is 4.98 Å². The molecular formula is C23H33ClN4O. The van der Waals surface area contributed by atoms with E-state index in [2.05, 4.69) is 52.1 Å². The third kappa shape index (κ3) is 5.91. The topological polar surface area (TPSA) is 48.5 Å². The average Bonchev–Trinajstić information content (AvgIpc) is 2.83. The molecule has 1 aliphatic rings. The van der Waals surface area contributed by atoms with Gasteiger partial charge in [-0.05, 0) is 71.3 Å². The Kier molecular flexibility index (Phi) is 6.82. The molecule has 0 atom stereocenters. The van der Waals surface area contributed by atoms with Crippen LogP contribution in [0.5, 0.6) is 0 Å². The maximum absolute atomic E-state index is 12.2. The first-order valence-electron chi connectivity index (χ1n) is 10.4. The van der Waals surface area contributed by atoms with Gasteiger partial charge in [-0.2, -0.15) is 0 Å². The normalized spacial score (nSPS) is 16.8. The number of benzene rings is 1. The SMILES string of the molecule is Cc1ccc2cc(CN3CCCN(CC(=O)NC(C)(C)C)CC3)c(Cl)nc2c1C. The number of carbonyl (C=O) groups is 1. The van der Waals surface area contributed by atoms with E-state index in [-0.39, 0.29) is 11.4 Å². The van der Waals surface area contributed by atoms with Gasteiger partial charge in [0, 0.05) is 36.1 Å². The summed E-state index contributed by atoms with van der Waals surface area (Å²) in [4.78, 5) is 21.6. The summed E-state index contributed by atoms with van der Waals surface area (Å²) in [6, 6.07) is 6.45. The lowest BCUT2D eigenvalue weighted by molar-refractivity contribution is -0.123. The second kappa shape index (κ2) is 8.99. The van der Waals surface area contributed by atoms with Gasteiger partial charge in [0.25, 0.3) is 0 Å². The molecule has 3 rings (SSSR count). The van der Waals surface area contributed by atoms with Crippen molar-refractivity contribution in [3.8, 4) is 0 Å². The predicted molar refractivity (Wildman–Crippen MR) is 120 cm³/mol. The number of amides is 1. The summed E-state index contributed by atoms with van der Waals surface area (Å²) in [5, 5.41) is 4.79. The van der Waals surface area contributed by atoms with E-state index in [1.807, 2.05) is 20.8 Å². The molecule has 6 heteroatoms. The van der Waals surface area contributed by atoms with Gasteiger partial charge in [-0.1, -0.05) is 23.7 Å². The fourth-order valence-corrected chi connectivity index (χ4v) is 4.06. The summed E-state index contributed by atoms with van der Waals surface area (Å²) < 4.78 is 0. The Bertz CT molecular complexity index is 891. The zero-order valence-corrected chi connectivity index (χ0v) is 19.1. The summed E-state index contributed by atoms with van der Waals surface area (Å²) in [5.41, 5.74) is 4.30. The number of hydrogen-bond acceptors (Lipinski definition) is 4. The van der Waals surface area contributed by atoms with Crippen molar-refractivity contribution in [2.24, 2.45) is 0 Å². The lowest BCUT2D eigenvalue weighted by atomic mass is 10.0. The van der Waals surface area contributed by atoms with Crippen LogP contribution in [0.3, 0.4) is 0 Å². The highest BCUT2D eigenvalue weighted by Crippen LogP contribution is 2.26. The van der Waals surface area contributed by atoms with Crippen LogP contribution < -0.4 is 5.32 Å². The van der Waals surface area contributed by atoms with Crippen LogP contribution in [-0.2, 0) is 11.3 Å². The average molecular weight is 417 g/mol. The van der Waals surface area contributed by atoms with Crippen molar-refractivity contribution in [2.45, 2.75) is 53.1 Å². The maximum Gasteiger partial charge on any atom is 0.234 e. The molecule has 0 spiro atoms. The Hall–Kier alpha value is -1.69. The second-order valence-electron chi connectivity index (χ2n) is 9.22. The van der Waals surface area contributed by atoms with Crippen LogP contribution in [0.1, 0.15) is 43.9 Å². The fourth-order valence-electron chi connectivity index (χ4n) is 3.86. The molecule has 0 bridgehead atoms. The molecule has 1 fully saturated rings. The number of rotatable bonds is 4. The summed E-state index contributed by atoms with van der Waals surface area (Å²) in [7, 11) is 0. The van der Waals surface area contributed by atoms with E-state index < -0.39 is 0 Å². The molecule has 2 aromatic rings. The molecule has 29 heavy (non-hydrogen) atoms. The summed E-state index contributed by atoms with van der Waals surface area (Å²) in [6.45, 7) is 15.2. The van der Waals surface area contributed by atoms with Crippen LogP contribution in [0.2, 0.25) is 5.15 Å². The zero-order chi connectivity index (χ0) is 21.2. The van der Waals surface area contributed by atoms with Gasteiger partial charge in [0.2, 0.25) is 5.91 Å². The van der Waals surface area contributed by atoms with Crippen molar-refractivity contribution in [1.82, 2.24) is 20.1 Å². The fraction of sp³-hybridized carbons (Fsp3) is 0.565.